The van der Waals surface area contributed by atoms with Gasteiger partial charge in [0.1, 0.15) is 0 Å². The van der Waals surface area contributed by atoms with Crippen LogP contribution in [0, 0.1) is 0 Å². The second-order valence-electron chi connectivity index (χ2n) is 3.30. The van der Waals surface area contributed by atoms with Crippen molar-refractivity contribution < 1.29 is 0 Å². The lowest BCUT2D eigenvalue weighted by Crippen LogP contribution is -2.23. The van der Waals surface area contributed by atoms with Gasteiger partial charge in [0, 0.05) is 32.4 Å². The van der Waals surface area contributed by atoms with Crippen LogP contribution in [0.2, 0.25) is 0 Å². The van der Waals surface area contributed by atoms with Gasteiger partial charge in [-0.25, -0.2) is 0 Å². The molecular weight excluding hydrogens is 162 g/mol. The molecule has 3 nitrogen and oxygen atoms in total. The zero-order chi connectivity index (χ0) is 9.84. The topological polar surface area (TPSA) is 55.3 Å². The number of anilines is 1. The summed E-state index contributed by atoms with van der Waals surface area (Å²) in [5.41, 5.74) is 13.7. The van der Waals surface area contributed by atoms with E-state index in [0.29, 0.717) is 6.54 Å². The fraction of sp³-hybridized carbons (Fsp3) is 0.400. The fourth-order valence-corrected chi connectivity index (χ4v) is 1.34. The summed E-state index contributed by atoms with van der Waals surface area (Å²) in [5.74, 6) is 0. The summed E-state index contributed by atoms with van der Waals surface area (Å²) in [6.45, 7) is 0.477. The van der Waals surface area contributed by atoms with Crippen molar-refractivity contribution in [2.45, 2.75) is 6.04 Å². The highest BCUT2D eigenvalue weighted by molar-refractivity contribution is 5.53. The van der Waals surface area contributed by atoms with Crippen molar-refractivity contribution in [1.82, 2.24) is 0 Å². The molecule has 0 heterocycles. The smallest absolute Gasteiger partial charge is 0.0440 e. The van der Waals surface area contributed by atoms with E-state index in [9.17, 15) is 0 Å². The SMILES string of the molecule is CN(C)c1ccccc1[C@H](N)CN. The van der Waals surface area contributed by atoms with Crippen LogP contribution in [0.3, 0.4) is 0 Å². The van der Waals surface area contributed by atoms with Gasteiger partial charge in [0.2, 0.25) is 0 Å². The number of nitrogens with zero attached hydrogens (tertiary/aromatic N) is 1. The Bertz CT molecular complexity index is 271. The number of nitrogens with two attached hydrogens (primary N) is 2. The predicted molar refractivity (Wildman–Crippen MR) is 56.8 cm³/mol. The van der Waals surface area contributed by atoms with Gasteiger partial charge in [-0.2, -0.15) is 0 Å². The molecule has 1 atom stereocenters. The Kier molecular flexibility index (Phi) is 3.28. The van der Waals surface area contributed by atoms with Gasteiger partial charge in [-0.3, -0.25) is 0 Å². The largest absolute Gasteiger partial charge is 0.377 e. The molecule has 0 unspecified atom stereocenters. The summed E-state index contributed by atoms with van der Waals surface area (Å²) in [4.78, 5) is 2.05. The highest BCUT2D eigenvalue weighted by atomic mass is 15.1. The fourth-order valence-electron chi connectivity index (χ4n) is 1.34. The van der Waals surface area contributed by atoms with Crippen LogP contribution in [0.5, 0.6) is 0 Å². The van der Waals surface area contributed by atoms with Gasteiger partial charge in [-0.05, 0) is 11.6 Å². The lowest BCUT2D eigenvalue weighted by Gasteiger charge is -2.20. The van der Waals surface area contributed by atoms with Crippen LogP contribution < -0.4 is 16.4 Å². The van der Waals surface area contributed by atoms with Gasteiger partial charge >= 0.3 is 0 Å². The average Bonchev–Trinajstić information content (AvgIpc) is 2.16. The van der Waals surface area contributed by atoms with Crippen molar-refractivity contribution in [2.24, 2.45) is 11.5 Å². The molecule has 0 aliphatic heterocycles. The molecule has 72 valence electrons. The van der Waals surface area contributed by atoms with Crippen molar-refractivity contribution in [1.29, 1.82) is 0 Å². The normalized spacial score (nSPS) is 12.6. The molecule has 13 heavy (non-hydrogen) atoms. The molecule has 0 bridgehead atoms. The Labute approximate surface area is 79.3 Å². The molecule has 0 fully saturated rings. The maximum atomic E-state index is 5.88. The molecular formula is C10H17N3. The van der Waals surface area contributed by atoms with E-state index in [1.54, 1.807) is 0 Å². The highest BCUT2D eigenvalue weighted by Gasteiger charge is 2.09. The Hall–Kier alpha value is -1.06. The Balaban J connectivity index is 3.04. The van der Waals surface area contributed by atoms with Crippen LogP contribution in [-0.4, -0.2) is 20.6 Å². The molecule has 1 rings (SSSR count). The van der Waals surface area contributed by atoms with Crippen LogP contribution in [0.4, 0.5) is 5.69 Å². The van der Waals surface area contributed by atoms with E-state index in [-0.39, 0.29) is 6.04 Å². The molecule has 0 saturated carbocycles. The molecule has 0 amide bonds. The van der Waals surface area contributed by atoms with E-state index in [1.807, 2.05) is 43.3 Å². The lowest BCUT2D eigenvalue weighted by atomic mass is 10.1. The molecule has 0 saturated heterocycles. The van der Waals surface area contributed by atoms with E-state index in [4.69, 9.17) is 11.5 Å². The van der Waals surface area contributed by atoms with Crippen molar-refractivity contribution in [3.63, 3.8) is 0 Å². The first kappa shape index (κ1) is 10.0. The first-order chi connectivity index (χ1) is 6.16. The summed E-state index contributed by atoms with van der Waals surface area (Å²) in [7, 11) is 4.00. The Morgan fingerprint density at radius 1 is 1.31 bits per heavy atom. The predicted octanol–water partition coefficient (Wildman–Crippen LogP) is 0.711. The third kappa shape index (κ3) is 2.20. The Morgan fingerprint density at radius 3 is 2.46 bits per heavy atom. The number of hydrogen-bond donors (Lipinski definition) is 2. The number of para-hydroxylation sites is 1. The average molecular weight is 179 g/mol. The zero-order valence-corrected chi connectivity index (χ0v) is 8.20. The third-order valence-electron chi connectivity index (χ3n) is 2.07. The molecule has 0 radical (unpaired) electrons. The minimum Gasteiger partial charge on any atom is -0.377 e. The molecule has 3 heteroatoms. The Morgan fingerprint density at radius 2 is 1.92 bits per heavy atom. The van der Waals surface area contributed by atoms with Gasteiger partial charge in [0.05, 0.1) is 0 Å². The summed E-state index contributed by atoms with van der Waals surface area (Å²) in [6.07, 6.45) is 0. The summed E-state index contributed by atoms with van der Waals surface area (Å²) in [5, 5.41) is 0. The number of benzene rings is 1. The van der Waals surface area contributed by atoms with Crippen molar-refractivity contribution in [2.75, 3.05) is 25.5 Å². The molecule has 4 N–H and O–H groups in total. The molecule has 1 aromatic rings. The molecule has 0 aromatic heterocycles. The van der Waals surface area contributed by atoms with Crippen molar-refractivity contribution in [3.05, 3.63) is 29.8 Å². The molecule has 0 aliphatic rings. The summed E-state index contributed by atoms with van der Waals surface area (Å²) < 4.78 is 0. The van der Waals surface area contributed by atoms with Crippen molar-refractivity contribution >= 4 is 5.69 Å². The molecule has 0 aliphatic carbocycles. The standard InChI is InChI=1S/C10H17N3/c1-13(2)10-6-4-3-5-8(10)9(12)7-11/h3-6,9H,7,11-12H2,1-2H3/t9-/m1/s1. The van der Waals surface area contributed by atoms with Gasteiger partial charge < -0.3 is 16.4 Å². The van der Waals surface area contributed by atoms with Crippen LogP contribution in [-0.2, 0) is 0 Å². The van der Waals surface area contributed by atoms with E-state index in [0.717, 1.165) is 11.3 Å². The maximum Gasteiger partial charge on any atom is 0.0440 e. The second kappa shape index (κ2) is 4.25. The van der Waals surface area contributed by atoms with Gasteiger partial charge in [0.15, 0.2) is 0 Å². The first-order valence-electron chi connectivity index (χ1n) is 4.38. The quantitative estimate of drug-likeness (QED) is 0.718. The lowest BCUT2D eigenvalue weighted by molar-refractivity contribution is 0.735. The maximum absolute atomic E-state index is 5.88. The molecule has 0 spiro atoms. The zero-order valence-electron chi connectivity index (χ0n) is 8.20. The van der Waals surface area contributed by atoms with Crippen LogP contribution in [0.25, 0.3) is 0 Å². The molecule has 1 aromatic carbocycles. The van der Waals surface area contributed by atoms with Gasteiger partial charge in [-0.15, -0.1) is 0 Å². The minimum absolute atomic E-state index is 0.0707. The first-order valence-corrected chi connectivity index (χ1v) is 4.38. The van der Waals surface area contributed by atoms with Gasteiger partial charge in [-0.1, -0.05) is 18.2 Å². The monoisotopic (exact) mass is 179 g/mol. The van der Waals surface area contributed by atoms with E-state index in [2.05, 4.69) is 0 Å². The summed E-state index contributed by atoms with van der Waals surface area (Å²) in [6, 6.07) is 7.98. The minimum atomic E-state index is -0.0707. The van der Waals surface area contributed by atoms with Crippen LogP contribution >= 0.6 is 0 Å². The van der Waals surface area contributed by atoms with E-state index < -0.39 is 0 Å². The van der Waals surface area contributed by atoms with Crippen LogP contribution in [0.1, 0.15) is 11.6 Å². The van der Waals surface area contributed by atoms with Crippen LogP contribution in [0.15, 0.2) is 24.3 Å². The number of rotatable bonds is 3. The summed E-state index contributed by atoms with van der Waals surface area (Å²) >= 11 is 0. The third-order valence-corrected chi connectivity index (χ3v) is 2.07. The number of hydrogen-bond acceptors (Lipinski definition) is 3. The van der Waals surface area contributed by atoms with E-state index >= 15 is 0 Å². The highest BCUT2D eigenvalue weighted by Crippen LogP contribution is 2.22. The second-order valence-corrected chi connectivity index (χ2v) is 3.30. The van der Waals surface area contributed by atoms with Gasteiger partial charge in [0.25, 0.3) is 0 Å². The van der Waals surface area contributed by atoms with Crippen molar-refractivity contribution in [3.8, 4) is 0 Å². The van der Waals surface area contributed by atoms with E-state index in [1.165, 1.54) is 0 Å².